The molecule has 0 saturated heterocycles. The van der Waals surface area contributed by atoms with Crippen LogP contribution in [-0.2, 0) is 0 Å². The fourth-order valence-electron chi connectivity index (χ4n) is 1.60. The third-order valence-electron chi connectivity index (χ3n) is 2.86. The molecule has 0 aromatic heterocycles. The van der Waals surface area contributed by atoms with Gasteiger partial charge in [-0.3, -0.25) is 0 Å². The molecule has 0 unspecified atom stereocenters. The van der Waals surface area contributed by atoms with Crippen LogP contribution >= 0.6 is 0 Å². The van der Waals surface area contributed by atoms with E-state index in [9.17, 15) is 4.39 Å². The lowest BCUT2D eigenvalue weighted by Gasteiger charge is -2.25. The smallest absolute Gasteiger partial charge is 0.167 e. The number of halogens is 1. The molecule has 0 aliphatic heterocycles. The molecule has 0 amide bonds. The van der Waals surface area contributed by atoms with E-state index in [1.54, 1.807) is 19.1 Å². The molecule has 1 aromatic carbocycles. The van der Waals surface area contributed by atoms with Gasteiger partial charge in [-0.1, -0.05) is 18.6 Å². The summed E-state index contributed by atoms with van der Waals surface area (Å²) >= 11 is 0. The topological polar surface area (TPSA) is 9.23 Å². The van der Waals surface area contributed by atoms with Crippen LogP contribution in [0.2, 0.25) is 0 Å². The molecule has 1 aromatic rings. The number of hydrogen-bond acceptors (Lipinski definition) is 1. The maximum atomic E-state index is 13.4. The maximum absolute atomic E-state index is 13.4. The Balaban J connectivity index is 1.97. The van der Waals surface area contributed by atoms with E-state index in [1.807, 2.05) is 6.07 Å². The van der Waals surface area contributed by atoms with Gasteiger partial charge in [0.15, 0.2) is 11.6 Å². The second-order valence-corrected chi connectivity index (χ2v) is 3.99. The first-order valence-corrected chi connectivity index (χ1v) is 5.15. The van der Waals surface area contributed by atoms with Crippen molar-refractivity contribution in [1.29, 1.82) is 0 Å². The molecule has 0 radical (unpaired) electrons. The molecule has 1 aliphatic rings. The minimum absolute atomic E-state index is 0.216. The zero-order valence-corrected chi connectivity index (χ0v) is 8.42. The van der Waals surface area contributed by atoms with Crippen molar-refractivity contribution >= 4 is 0 Å². The van der Waals surface area contributed by atoms with Crippen LogP contribution in [-0.4, -0.2) is 6.61 Å². The molecule has 2 heteroatoms. The van der Waals surface area contributed by atoms with Crippen LogP contribution in [0.5, 0.6) is 5.75 Å². The lowest BCUT2D eigenvalue weighted by Crippen LogP contribution is -2.19. The fraction of sp³-hybridized carbons (Fsp3) is 0.500. The largest absolute Gasteiger partial charge is 0.490 e. The molecule has 0 spiro atoms. The Morgan fingerprint density at radius 1 is 1.43 bits per heavy atom. The van der Waals surface area contributed by atoms with E-state index in [1.165, 1.54) is 19.3 Å². The Kier molecular flexibility index (Phi) is 2.71. The van der Waals surface area contributed by atoms with E-state index >= 15 is 0 Å². The molecule has 76 valence electrons. The maximum Gasteiger partial charge on any atom is 0.167 e. The second-order valence-electron chi connectivity index (χ2n) is 3.99. The van der Waals surface area contributed by atoms with Gasteiger partial charge < -0.3 is 4.74 Å². The van der Waals surface area contributed by atoms with E-state index in [0.29, 0.717) is 23.8 Å². The second kappa shape index (κ2) is 3.99. The molecule has 14 heavy (non-hydrogen) atoms. The Labute approximate surface area is 83.9 Å². The first-order valence-electron chi connectivity index (χ1n) is 5.15. The van der Waals surface area contributed by atoms with Crippen LogP contribution in [0.15, 0.2) is 18.2 Å². The summed E-state index contributed by atoms with van der Waals surface area (Å²) in [7, 11) is 0. The number of aryl methyl sites for hydroxylation is 1. The Morgan fingerprint density at radius 2 is 2.21 bits per heavy atom. The average molecular weight is 194 g/mol. The van der Waals surface area contributed by atoms with Crippen molar-refractivity contribution in [3.63, 3.8) is 0 Å². The van der Waals surface area contributed by atoms with Crippen LogP contribution in [0.1, 0.15) is 24.8 Å². The predicted octanol–water partition coefficient (Wildman–Crippen LogP) is 3.31. The molecular weight excluding hydrogens is 179 g/mol. The first kappa shape index (κ1) is 9.50. The van der Waals surface area contributed by atoms with Crippen molar-refractivity contribution < 1.29 is 9.13 Å². The summed E-state index contributed by atoms with van der Waals surface area (Å²) in [5.41, 5.74) is 0.649. The molecule has 1 saturated carbocycles. The van der Waals surface area contributed by atoms with E-state index in [0.717, 1.165) is 0 Å². The van der Waals surface area contributed by atoms with Gasteiger partial charge in [-0.15, -0.1) is 0 Å². The molecule has 2 rings (SSSR count). The Bertz CT molecular complexity index is 318. The highest BCUT2D eigenvalue weighted by Crippen LogP contribution is 2.28. The minimum atomic E-state index is -0.216. The number of rotatable bonds is 3. The average Bonchev–Trinajstić information content (AvgIpc) is 2.09. The van der Waals surface area contributed by atoms with Crippen LogP contribution in [0.3, 0.4) is 0 Å². The summed E-state index contributed by atoms with van der Waals surface area (Å²) in [6.45, 7) is 2.42. The van der Waals surface area contributed by atoms with E-state index < -0.39 is 0 Å². The highest BCUT2D eigenvalue weighted by molar-refractivity contribution is 5.30. The lowest BCUT2D eigenvalue weighted by atomic mass is 9.86. The van der Waals surface area contributed by atoms with Crippen molar-refractivity contribution in [2.45, 2.75) is 26.2 Å². The van der Waals surface area contributed by atoms with Gasteiger partial charge in [0.25, 0.3) is 0 Å². The SMILES string of the molecule is Cc1cccc(OCC2CCC2)c1F. The number of hydrogen-bond donors (Lipinski definition) is 0. The molecule has 0 heterocycles. The quantitative estimate of drug-likeness (QED) is 0.717. The first-order chi connectivity index (χ1) is 6.77. The van der Waals surface area contributed by atoms with Crippen LogP contribution in [0, 0.1) is 18.7 Å². The molecular formula is C12H15FO. The van der Waals surface area contributed by atoms with Crippen LogP contribution in [0.4, 0.5) is 4.39 Å². The van der Waals surface area contributed by atoms with Crippen molar-refractivity contribution in [3.8, 4) is 5.75 Å². The molecule has 1 fully saturated rings. The highest BCUT2D eigenvalue weighted by Gasteiger charge is 2.18. The van der Waals surface area contributed by atoms with Gasteiger partial charge in [0.05, 0.1) is 6.61 Å². The normalized spacial score (nSPS) is 16.4. The Morgan fingerprint density at radius 3 is 2.86 bits per heavy atom. The lowest BCUT2D eigenvalue weighted by molar-refractivity contribution is 0.175. The van der Waals surface area contributed by atoms with Gasteiger partial charge in [-0.25, -0.2) is 4.39 Å². The number of benzene rings is 1. The van der Waals surface area contributed by atoms with Gasteiger partial charge >= 0.3 is 0 Å². The van der Waals surface area contributed by atoms with Gasteiger partial charge in [0, 0.05) is 0 Å². The van der Waals surface area contributed by atoms with Crippen LogP contribution < -0.4 is 4.74 Å². The predicted molar refractivity (Wildman–Crippen MR) is 54.0 cm³/mol. The summed E-state index contributed by atoms with van der Waals surface area (Å²) in [5.74, 6) is 0.832. The zero-order chi connectivity index (χ0) is 9.97. The van der Waals surface area contributed by atoms with E-state index in [4.69, 9.17) is 4.74 Å². The summed E-state index contributed by atoms with van der Waals surface area (Å²) in [4.78, 5) is 0. The fourth-order valence-corrected chi connectivity index (χ4v) is 1.60. The van der Waals surface area contributed by atoms with Crippen molar-refractivity contribution in [3.05, 3.63) is 29.6 Å². The van der Waals surface area contributed by atoms with Gasteiger partial charge in [0.2, 0.25) is 0 Å². The van der Waals surface area contributed by atoms with Gasteiger partial charge in [-0.2, -0.15) is 0 Å². The molecule has 0 N–H and O–H groups in total. The summed E-state index contributed by atoms with van der Waals surface area (Å²) in [6, 6.07) is 5.28. The third-order valence-corrected chi connectivity index (χ3v) is 2.86. The molecule has 0 atom stereocenters. The van der Waals surface area contributed by atoms with Crippen LogP contribution in [0.25, 0.3) is 0 Å². The molecule has 1 aliphatic carbocycles. The highest BCUT2D eigenvalue weighted by atomic mass is 19.1. The summed E-state index contributed by atoms with van der Waals surface area (Å²) in [5, 5.41) is 0. The standard InChI is InChI=1S/C12H15FO/c1-9-4-2-7-11(12(9)13)14-8-10-5-3-6-10/h2,4,7,10H,3,5-6,8H2,1H3. The van der Waals surface area contributed by atoms with Crippen molar-refractivity contribution in [2.24, 2.45) is 5.92 Å². The van der Waals surface area contributed by atoms with Crippen molar-refractivity contribution in [1.82, 2.24) is 0 Å². The molecule has 1 nitrogen and oxygen atoms in total. The number of ether oxygens (including phenoxy) is 1. The van der Waals surface area contributed by atoms with E-state index in [2.05, 4.69) is 0 Å². The van der Waals surface area contributed by atoms with Gasteiger partial charge in [0.1, 0.15) is 0 Å². The zero-order valence-electron chi connectivity index (χ0n) is 8.42. The Hall–Kier alpha value is -1.05. The monoisotopic (exact) mass is 194 g/mol. The van der Waals surface area contributed by atoms with Gasteiger partial charge in [-0.05, 0) is 37.3 Å². The van der Waals surface area contributed by atoms with Crippen molar-refractivity contribution in [2.75, 3.05) is 6.61 Å². The van der Waals surface area contributed by atoms with E-state index in [-0.39, 0.29) is 5.82 Å². The summed E-state index contributed by atoms with van der Waals surface area (Å²) < 4.78 is 18.9. The minimum Gasteiger partial charge on any atom is -0.490 e. The molecule has 0 bridgehead atoms. The third kappa shape index (κ3) is 1.89. The summed E-state index contributed by atoms with van der Waals surface area (Å²) in [6.07, 6.45) is 3.76.